The average Bonchev–Trinajstić information content (AvgIpc) is 2.17. The van der Waals surface area contributed by atoms with Gasteiger partial charge in [0, 0.05) is 0 Å². The van der Waals surface area contributed by atoms with Crippen molar-refractivity contribution in [2.24, 2.45) is 0 Å². The molecule has 0 spiro atoms. The molecular formula is C11H6O2. The van der Waals surface area contributed by atoms with Crippen LogP contribution in [-0.2, 0) is 5.11 Å². The summed E-state index contributed by atoms with van der Waals surface area (Å²) in [6.07, 6.45) is 0. The maximum atomic E-state index is 10.7. The zero-order valence-corrected chi connectivity index (χ0v) is 6.78. The molecule has 62 valence electrons. The molecule has 0 aliphatic rings. The molecule has 0 aromatic heterocycles. The maximum Gasteiger partial charge on any atom is 0.387 e. The third-order valence-corrected chi connectivity index (χ3v) is 1.92. The Bertz CT molecular complexity index is 455. The van der Waals surface area contributed by atoms with Crippen molar-refractivity contribution in [2.75, 3.05) is 0 Å². The Hall–Kier alpha value is -1.83. The summed E-state index contributed by atoms with van der Waals surface area (Å²) in [5.74, 6) is -1.18. The SMILES string of the molecule is [O]C(=O)c1[c]ccc2ccccc12. The van der Waals surface area contributed by atoms with Crippen LogP contribution in [0.3, 0.4) is 0 Å². The van der Waals surface area contributed by atoms with Crippen molar-refractivity contribution < 1.29 is 9.90 Å². The summed E-state index contributed by atoms with van der Waals surface area (Å²) in [6, 6.07) is 13.3. The van der Waals surface area contributed by atoms with E-state index in [1.165, 1.54) is 0 Å². The number of carbonyl (C=O) groups is 1. The molecule has 13 heavy (non-hydrogen) atoms. The summed E-state index contributed by atoms with van der Waals surface area (Å²) in [7, 11) is 0. The fourth-order valence-electron chi connectivity index (χ4n) is 1.33. The predicted octanol–water partition coefficient (Wildman–Crippen LogP) is 2.21. The molecule has 0 atom stereocenters. The molecule has 0 saturated heterocycles. The van der Waals surface area contributed by atoms with E-state index in [0.717, 1.165) is 5.39 Å². The number of fused-ring (bicyclic) bond motifs is 1. The normalized spacial score (nSPS) is 10.2. The quantitative estimate of drug-likeness (QED) is 0.646. The summed E-state index contributed by atoms with van der Waals surface area (Å²) in [5.41, 5.74) is 0.123. The summed E-state index contributed by atoms with van der Waals surface area (Å²) in [6.45, 7) is 0. The summed E-state index contributed by atoms with van der Waals surface area (Å²) < 4.78 is 0. The minimum Gasteiger partial charge on any atom is -0.241 e. The molecule has 0 heterocycles. The molecule has 0 unspecified atom stereocenters. The first kappa shape index (κ1) is 7.80. The second-order valence-corrected chi connectivity index (χ2v) is 2.73. The highest BCUT2D eigenvalue weighted by molar-refractivity contribution is 6.03. The van der Waals surface area contributed by atoms with E-state index in [-0.39, 0.29) is 5.56 Å². The van der Waals surface area contributed by atoms with Gasteiger partial charge in [0.05, 0.1) is 5.56 Å². The molecule has 0 bridgehead atoms. The molecule has 0 saturated carbocycles. The molecule has 0 aliphatic heterocycles. The van der Waals surface area contributed by atoms with Crippen molar-refractivity contribution in [3.8, 4) is 0 Å². The zero-order chi connectivity index (χ0) is 9.26. The van der Waals surface area contributed by atoms with Crippen LogP contribution in [0.4, 0.5) is 0 Å². The lowest BCUT2D eigenvalue weighted by molar-refractivity contribution is 0.0575. The van der Waals surface area contributed by atoms with E-state index in [1.807, 2.05) is 18.2 Å². The third-order valence-electron chi connectivity index (χ3n) is 1.92. The highest BCUT2D eigenvalue weighted by atomic mass is 16.4. The molecular weight excluding hydrogens is 164 g/mol. The van der Waals surface area contributed by atoms with Gasteiger partial charge in [-0.1, -0.05) is 36.4 Å². The molecule has 2 nitrogen and oxygen atoms in total. The van der Waals surface area contributed by atoms with Gasteiger partial charge in [0.25, 0.3) is 0 Å². The van der Waals surface area contributed by atoms with Crippen molar-refractivity contribution in [2.45, 2.75) is 0 Å². The first-order chi connectivity index (χ1) is 6.29. The van der Waals surface area contributed by atoms with E-state index in [9.17, 15) is 9.90 Å². The van der Waals surface area contributed by atoms with Crippen LogP contribution in [0.2, 0.25) is 0 Å². The topological polar surface area (TPSA) is 37.0 Å². The van der Waals surface area contributed by atoms with Crippen LogP contribution < -0.4 is 0 Å². The van der Waals surface area contributed by atoms with E-state index in [2.05, 4.69) is 6.07 Å². The largest absolute Gasteiger partial charge is 0.387 e. The molecule has 2 aromatic rings. The van der Waals surface area contributed by atoms with Gasteiger partial charge in [-0.05, 0) is 16.8 Å². The maximum absolute atomic E-state index is 10.7. The second kappa shape index (κ2) is 2.90. The van der Waals surface area contributed by atoms with Gasteiger partial charge in [-0.25, -0.2) is 9.90 Å². The fraction of sp³-hybridized carbons (Fsp3) is 0. The monoisotopic (exact) mass is 170 g/mol. The third kappa shape index (κ3) is 1.26. The van der Waals surface area contributed by atoms with Crippen molar-refractivity contribution in [3.05, 3.63) is 48.0 Å². The minimum absolute atomic E-state index is 0.123. The summed E-state index contributed by atoms with van der Waals surface area (Å²) in [5, 5.41) is 12.2. The summed E-state index contributed by atoms with van der Waals surface area (Å²) in [4.78, 5) is 10.7. The Morgan fingerprint density at radius 1 is 1.15 bits per heavy atom. The van der Waals surface area contributed by atoms with Gasteiger partial charge in [0.15, 0.2) is 0 Å². The molecule has 0 aliphatic carbocycles. The van der Waals surface area contributed by atoms with Crippen molar-refractivity contribution >= 4 is 16.7 Å². The molecule has 2 rings (SSSR count). The van der Waals surface area contributed by atoms with E-state index in [0.29, 0.717) is 5.39 Å². The molecule has 2 aromatic carbocycles. The van der Waals surface area contributed by atoms with Gasteiger partial charge < -0.3 is 0 Å². The smallest absolute Gasteiger partial charge is 0.241 e. The van der Waals surface area contributed by atoms with Gasteiger partial charge in [-0.15, -0.1) is 0 Å². The Balaban J connectivity index is 2.83. The molecule has 2 heteroatoms. The number of benzene rings is 2. The molecule has 0 fully saturated rings. The lowest BCUT2D eigenvalue weighted by Gasteiger charge is -1.98. The van der Waals surface area contributed by atoms with Crippen LogP contribution in [0.15, 0.2) is 36.4 Å². The Labute approximate surface area is 75.4 Å². The van der Waals surface area contributed by atoms with Gasteiger partial charge >= 0.3 is 5.97 Å². The van der Waals surface area contributed by atoms with E-state index >= 15 is 0 Å². The van der Waals surface area contributed by atoms with Crippen LogP contribution in [0, 0.1) is 6.07 Å². The van der Waals surface area contributed by atoms with Crippen LogP contribution in [0.25, 0.3) is 10.8 Å². The van der Waals surface area contributed by atoms with Crippen LogP contribution >= 0.6 is 0 Å². The average molecular weight is 170 g/mol. The lowest BCUT2D eigenvalue weighted by atomic mass is 10.1. The minimum atomic E-state index is -1.18. The first-order valence-electron chi connectivity index (χ1n) is 3.90. The number of hydrogen-bond acceptors (Lipinski definition) is 1. The van der Waals surface area contributed by atoms with Gasteiger partial charge in [0.1, 0.15) is 0 Å². The Morgan fingerprint density at radius 2 is 1.92 bits per heavy atom. The summed E-state index contributed by atoms with van der Waals surface area (Å²) >= 11 is 0. The molecule has 0 amide bonds. The van der Waals surface area contributed by atoms with E-state index < -0.39 is 5.97 Å². The standard InChI is InChI=1S/C11H6O2/c12-11(13)10-7-3-5-8-4-1-2-6-9(8)10/h1-6H. The van der Waals surface area contributed by atoms with E-state index in [4.69, 9.17) is 0 Å². The number of carbonyl (C=O) groups excluding carboxylic acids is 1. The first-order valence-corrected chi connectivity index (χ1v) is 3.90. The second-order valence-electron chi connectivity index (χ2n) is 2.73. The van der Waals surface area contributed by atoms with Crippen LogP contribution in [0.1, 0.15) is 10.4 Å². The number of hydrogen-bond donors (Lipinski definition) is 0. The zero-order valence-electron chi connectivity index (χ0n) is 6.78. The van der Waals surface area contributed by atoms with Crippen LogP contribution in [0.5, 0.6) is 0 Å². The Kier molecular flexibility index (Phi) is 1.74. The number of rotatable bonds is 1. The highest BCUT2D eigenvalue weighted by Crippen LogP contribution is 2.17. The van der Waals surface area contributed by atoms with Crippen molar-refractivity contribution in [1.82, 2.24) is 0 Å². The predicted molar refractivity (Wildman–Crippen MR) is 47.8 cm³/mol. The van der Waals surface area contributed by atoms with Gasteiger partial charge in [0.2, 0.25) is 0 Å². The lowest BCUT2D eigenvalue weighted by Crippen LogP contribution is -1.95. The molecule has 0 N–H and O–H groups in total. The van der Waals surface area contributed by atoms with Gasteiger partial charge in [-0.2, -0.15) is 0 Å². The molecule has 2 radical (unpaired) electrons. The van der Waals surface area contributed by atoms with Gasteiger partial charge in [-0.3, -0.25) is 0 Å². The van der Waals surface area contributed by atoms with Crippen LogP contribution in [-0.4, -0.2) is 5.97 Å². The van der Waals surface area contributed by atoms with E-state index in [1.54, 1.807) is 18.2 Å². The Morgan fingerprint density at radius 3 is 2.69 bits per heavy atom. The van der Waals surface area contributed by atoms with Crippen molar-refractivity contribution in [3.63, 3.8) is 0 Å². The fourth-order valence-corrected chi connectivity index (χ4v) is 1.33. The highest BCUT2D eigenvalue weighted by Gasteiger charge is 2.08. The van der Waals surface area contributed by atoms with Crippen molar-refractivity contribution in [1.29, 1.82) is 0 Å².